The molecule has 0 spiro atoms. The van der Waals surface area contributed by atoms with E-state index in [0.717, 1.165) is 16.4 Å². The Labute approximate surface area is 156 Å². The molecular formula is C19H24F3N3O2. The molecule has 1 N–H and O–H groups in total. The lowest BCUT2D eigenvalue weighted by Gasteiger charge is -2.32. The molecule has 0 radical (unpaired) electrons. The molecule has 5 nitrogen and oxygen atoms in total. The van der Waals surface area contributed by atoms with Gasteiger partial charge in [-0.15, -0.1) is 0 Å². The maximum Gasteiger partial charge on any atom is 0.341 e. The second-order valence-electron chi connectivity index (χ2n) is 7.18. The van der Waals surface area contributed by atoms with Gasteiger partial charge in [-0.1, -0.05) is 32.9 Å². The van der Waals surface area contributed by atoms with E-state index < -0.39 is 18.1 Å². The Bertz CT molecular complexity index is 767. The normalized spacial score (nSPS) is 13.0. The summed E-state index contributed by atoms with van der Waals surface area (Å²) in [5.41, 5.74) is -0.198. The van der Waals surface area contributed by atoms with Crippen molar-refractivity contribution in [1.29, 1.82) is 0 Å². The SMILES string of the molecule is CCOC(=O)c1cnn(CNC(c2ccc(F)cc2)C(C)(C)C)c1C(F)F. The van der Waals surface area contributed by atoms with Gasteiger partial charge in [0.2, 0.25) is 0 Å². The van der Waals surface area contributed by atoms with Crippen LogP contribution in [0, 0.1) is 11.2 Å². The van der Waals surface area contributed by atoms with Gasteiger partial charge in [-0.2, -0.15) is 5.10 Å². The van der Waals surface area contributed by atoms with Crippen molar-refractivity contribution in [3.05, 3.63) is 53.1 Å². The zero-order valence-corrected chi connectivity index (χ0v) is 15.8. The van der Waals surface area contributed by atoms with E-state index in [9.17, 15) is 18.0 Å². The Hall–Kier alpha value is -2.35. The summed E-state index contributed by atoms with van der Waals surface area (Å²) in [5.74, 6) is -1.18. The van der Waals surface area contributed by atoms with Crippen LogP contribution >= 0.6 is 0 Å². The second kappa shape index (κ2) is 8.56. The van der Waals surface area contributed by atoms with E-state index in [2.05, 4.69) is 10.4 Å². The van der Waals surface area contributed by atoms with E-state index in [1.807, 2.05) is 20.8 Å². The molecule has 0 amide bonds. The number of rotatable bonds is 7. The average molecular weight is 383 g/mol. The van der Waals surface area contributed by atoms with Crippen LogP contribution < -0.4 is 5.32 Å². The number of benzene rings is 1. The van der Waals surface area contributed by atoms with E-state index in [0.29, 0.717) is 0 Å². The largest absolute Gasteiger partial charge is 0.462 e. The van der Waals surface area contributed by atoms with Crippen LogP contribution in [0.1, 0.15) is 61.8 Å². The van der Waals surface area contributed by atoms with Crippen LogP contribution in [-0.4, -0.2) is 22.4 Å². The van der Waals surface area contributed by atoms with Gasteiger partial charge in [-0.25, -0.2) is 22.6 Å². The van der Waals surface area contributed by atoms with Crippen molar-refractivity contribution < 1.29 is 22.7 Å². The van der Waals surface area contributed by atoms with E-state index in [1.54, 1.807) is 19.1 Å². The van der Waals surface area contributed by atoms with Crippen molar-refractivity contribution in [2.75, 3.05) is 6.61 Å². The number of carbonyl (C=O) groups excluding carboxylic acids is 1. The molecule has 0 aliphatic heterocycles. The predicted octanol–water partition coefficient (Wildman–Crippen LogP) is 4.47. The average Bonchev–Trinajstić information content (AvgIpc) is 3.00. The standard InChI is InChI=1S/C19H24F3N3O2/c1-5-27-18(26)14-10-24-25(15(14)17(21)22)11-23-16(19(2,3)4)12-6-8-13(20)9-7-12/h6-10,16-17,23H,5,11H2,1-4H3. The topological polar surface area (TPSA) is 56.1 Å². The molecule has 0 fully saturated rings. The molecule has 0 saturated heterocycles. The van der Waals surface area contributed by atoms with Crippen LogP contribution in [0.3, 0.4) is 0 Å². The quantitative estimate of drug-likeness (QED) is 0.717. The monoisotopic (exact) mass is 383 g/mol. The Morgan fingerprint density at radius 1 is 1.26 bits per heavy atom. The summed E-state index contributed by atoms with van der Waals surface area (Å²) < 4.78 is 46.1. The van der Waals surface area contributed by atoms with Crippen LogP contribution in [-0.2, 0) is 11.4 Å². The van der Waals surface area contributed by atoms with Gasteiger partial charge in [0.05, 0.1) is 19.5 Å². The molecule has 2 rings (SSSR count). The molecule has 8 heteroatoms. The zero-order valence-electron chi connectivity index (χ0n) is 15.8. The number of halogens is 3. The number of aromatic nitrogens is 2. The lowest BCUT2D eigenvalue weighted by molar-refractivity contribution is 0.0513. The third-order valence-electron chi connectivity index (χ3n) is 4.10. The zero-order chi connectivity index (χ0) is 20.2. The van der Waals surface area contributed by atoms with E-state index in [-0.39, 0.29) is 36.1 Å². The third kappa shape index (κ3) is 5.09. The molecule has 27 heavy (non-hydrogen) atoms. The summed E-state index contributed by atoms with van der Waals surface area (Å²) in [5, 5.41) is 7.10. The Balaban J connectivity index is 2.27. The summed E-state index contributed by atoms with van der Waals surface area (Å²) in [6.45, 7) is 7.59. The summed E-state index contributed by atoms with van der Waals surface area (Å²) in [6.07, 6.45) is -1.79. The van der Waals surface area contributed by atoms with Crippen molar-refractivity contribution in [3.63, 3.8) is 0 Å². The number of hydrogen-bond acceptors (Lipinski definition) is 4. The fourth-order valence-electron chi connectivity index (χ4n) is 2.87. The molecule has 1 heterocycles. The highest BCUT2D eigenvalue weighted by Crippen LogP contribution is 2.33. The van der Waals surface area contributed by atoms with Crippen LogP contribution in [0.4, 0.5) is 13.2 Å². The molecule has 1 atom stereocenters. The van der Waals surface area contributed by atoms with Gasteiger partial charge in [-0.05, 0) is 30.0 Å². The van der Waals surface area contributed by atoms with E-state index >= 15 is 0 Å². The van der Waals surface area contributed by atoms with Gasteiger partial charge in [0.1, 0.15) is 17.1 Å². The number of nitrogens with one attached hydrogen (secondary N) is 1. The van der Waals surface area contributed by atoms with Gasteiger partial charge in [0.15, 0.2) is 0 Å². The number of nitrogens with zero attached hydrogens (tertiary/aromatic N) is 2. The fourth-order valence-corrected chi connectivity index (χ4v) is 2.87. The van der Waals surface area contributed by atoms with Gasteiger partial charge >= 0.3 is 5.97 Å². The molecule has 1 unspecified atom stereocenters. The maximum absolute atomic E-state index is 13.5. The molecule has 148 valence electrons. The molecule has 0 saturated carbocycles. The van der Waals surface area contributed by atoms with Crippen molar-refractivity contribution in [2.45, 2.75) is 46.8 Å². The smallest absolute Gasteiger partial charge is 0.341 e. The van der Waals surface area contributed by atoms with Crippen molar-refractivity contribution in [3.8, 4) is 0 Å². The Kier molecular flexibility index (Phi) is 6.64. The second-order valence-corrected chi connectivity index (χ2v) is 7.18. The van der Waals surface area contributed by atoms with Gasteiger partial charge in [-0.3, -0.25) is 5.32 Å². The van der Waals surface area contributed by atoms with E-state index in [1.165, 1.54) is 12.1 Å². The fraction of sp³-hybridized carbons (Fsp3) is 0.474. The number of esters is 1. The summed E-state index contributed by atoms with van der Waals surface area (Å²) in [4.78, 5) is 11.9. The molecule has 0 bridgehead atoms. The maximum atomic E-state index is 13.5. The van der Waals surface area contributed by atoms with Gasteiger partial charge in [0, 0.05) is 6.04 Å². The molecule has 1 aromatic carbocycles. The molecule has 0 aliphatic rings. The Morgan fingerprint density at radius 3 is 2.41 bits per heavy atom. The van der Waals surface area contributed by atoms with E-state index in [4.69, 9.17) is 4.74 Å². The van der Waals surface area contributed by atoms with Crippen LogP contribution in [0.15, 0.2) is 30.5 Å². The van der Waals surface area contributed by atoms with Crippen LogP contribution in [0.2, 0.25) is 0 Å². The lowest BCUT2D eigenvalue weighted by atomic mass is 9.82. The summed E-state index contributed by atoms with van der Waals surface area (Å²) in [7, 11) is 0. The van der Waals surface area contributed by atoms with Gasteiger partial charge < -0.3 is 4.74 Å². The summed E-state index contributed by atoms with van der Waals surface area (Å²) >= 11 is 0. The summed E-state index contributed by atoms with van der Waals surface area (Å²) in [6, 6.07) is 5.76. The first-order valence-corrected chi connectivity index (χ1v) is 8.65. The molecule has 0 aliphatic carbocycles. The molecule has 2 aromatic rings. The third-order valence-corrected chi connectivity index (χ3v) is 4.10. The molecule has 1 aromatic heterocycles. The van der Waals surface area contributed by atoms with Crippen molar-refractivity contribution in [2.24, 2.45) is 5.41 Å². The number of carbonyl (C=O) groups is 1. The minimum atomic E-state index is -2.88. The highest BCUT2D eigenvalue weighted by atomic mass is 19.3. The van der Waals surface area contributed by atoms with Crippen molar-refractivity contribution in [1.82, 2.24) is 15.1 Å². The number of ether oxygens (including phenoxy) is 1. The number of alkyl halides is 2. The van der Waals surface area contributed by atoms with Crippen LogP contribution in [0.5, 0.6) is 0 Å². The minimum Gasteiger partial charge on any atom is -0.462 e. The first-order chi connectivity index (χ1) is 12.6. The minimum absolute atomic E-state index is 0.0433. The Morgan fingerprint density at radius 2 is 1.89 bits per heavy atom. The van der Waals surface area contributed by atoms with Crippen molar-refractivity contribution >= 4 is 5.97 Å². The first-order valence-electron chi connectivity index (χ1n) is 8.65. The first kappa shape index (κ1) is 21.0. The van der Waals surface area contributed by atoms with Crippen LogP contribution in [0.25, 0.3) is 0 Å². The number of hydrogen-bond donors (Lipinski definition) is 1. The molecular weight excluding hydrogens is 359 g/mol. The van der Waals surface area contributed by atoms with Gasteiger partial charge in [0.25, 0.3) is 6.43 Å². The highest BCUT2D eigenvalue weighted by Gasteiger charge is 2.29. The highest BCUT2D eigenvalue weighted by molar-refractivity contribution is 5.90. The predicted molar refractivity (Wildman–Crippen MR) is 94.9 cm³/mol. The lowest BCUT2D eigenvalue weighted by Crippen LogP contribution is -2.34.